The van der Waals surface area contributed by atoms with Crippen LogP contribution >= 0.6 is 0 Å². The molecule has 0 heterocycles. The Bertz CT molecular complexity index is 236. The summed E-state index contributed by atoms with van der Waals surface area (Å²) in [6.07, 6.45) is -5.97. The lowest BCUT2D eigenvalue weighted by Crippen LogP contribution is -2.43. The third-order valence-corrected chi connectivity index (χ3v) is 1.81. The molecule has 0 bridgehead atoms. The zero-order valence-electron chi connectivity index (χ0n) is 7.13. The van der Waals surface area contributed by atoms with Gasteiger partial charge >= 0.3 is 6.18 Å². The molecule has 0 saturated carbocycles. The van der Waals surface area contributed by atoms with Crippen molar-refractivity contribution in [1.29, 1.82) is 0 Å². The van der Waals surface area contributed by atoms with Gasteiger partial charge in [-0.1, -0.05) is 6.92 Å². The number of carbonyl (C=O) groups excluding carboxylic acids is 2. The van der Waals surface area contributed by atoms with Crippen LogP contribution in [0.1, 0.15) is 13.3 Å². The SMILES string of the molecule is CC(C(CC(=O)[O-])C(=O)[O-])C(F)(F)F. The smallest absolute Gasteiger partial charge is 0.392 e. The summed E-state index contributed by atoms with van der Waals surface area (Å²) in [6.45, 7) is 0.587. The Morgan fingerprint density at radius 3 is 1.93 bits per heavy atom. The molecule has 14 heavy (non-hydrogen) atoms. The maximum Gasteiger partial charge on any atom is 0.392 e. The predicted molar refractivity (Wildman–Crippen MR) is 33.3 cm³/mol. The minimum absolute atomic E-state index is 0.587. The van der Waals surface area contributed by atoms with Crippen molar-refractivity contribution in [2.45, 2.75) is 19.5 Å². The topological polar surface area (TPSA) is 80.3 Å². The first-order valence-electron chi connectivity index (χ1n) is 3.63. The number of rotatable bonds is 4. The summed E-state index contributed by atoms with van der Waals surface area (Å²) in [6, 6.07) is 0. The lowest BCUT2D eigenvalue weighted by molar-refractivity contribution is -0.327. The molecule has 0 aromatic rings. The monoisotopic (exact) mass is 212 g/mol. The van der Waals surface area contributed by atoms with Crippen molar-refractivity contribution in [3.8, 4) is 0 Å². The van der Waals surface area contributed by atoms with E-state index in [9.17, 15) is 33.0 Å². The molecule has 0 aliphatic heterocycles. The fourth-order valence-electron chi connectivity index (χ4n) is 0.872. The molecule has 0 spiro atoms. The number of hydrogen-bond donors (Lipinski definition) is 0. The molecule has 0 radical (unpaired) electrons. The maximum atomic E-state index is 12.0. The van der Waals surface area contributed by atoms with E-state index in [2.05, 4.69) is 0 Å². The first kappa shape index (κ1) is 12.7. The van der Waals surface area contributed by atoms with E-state index in [1.165, 1.54) is 0 Å². The van der Waals surface area contributed by atoms with Crippen LogP contribution in [0.25, 0.3) is 0 Å². The van der Waals surface area contributed by atoms with Gasteiger partial charge < -0.3 is 19.8 Å². The van der Waals surface area contributed by atoms with Crippen molar-refractivity contribution in [2.75, 3.05) is 0 Å². The van der Waals surface area contributed by atoms with Crippen LogP contribution in [0, 0.1) is 11.8 Å². The molecule has 0 rings (SSSR count). The molecule has 7 heteroatoms. The first-order valence-corrected chi connectivity index (χ1v) is 3.63. The van der Waals surface area contributed by atoms with Gasteiger partial charge in [-0.2, -0.15) is 13.2 Å². The average Bonchev–Trinajstić information content (AvgIpc) is 1.96. The molecule has 2 atom stereocenters. The van der Waals surface area contributed by atoms with E-state index in [0.29, 0.717) is 6.92 Å². The van der Waals surface area contributed by atoms with E-state index in [1.54, 1.807) is 0 Å². The second-order valence-electron chi connectivity index (χ2n) is 2.83. The second kappa shape index (κ2) is 4.30. The molecule has 4 nitrogen and oxygen atoms in total. The molecule has 0 N–H and O–H groups in total. The van der Waals surface area contributed by atoms with E-state index >= 15 is 0 Å². The highest BCUT2D eigenvalue weighted by Crippen LogP contribution is 2.32. The van der Waals surface area contributed by atoms with E-state index in [0.717, 1.165) is 0 Å². The molecular formula is C7H7F3O4-2. The van der Waals surface area contributed by atoms with Gasteiger partial charge in [0, 0.05) is 17.9 Å². The van der Waals surface area contributed by atoms with Gasteiger partial charge in [0.1, 0.15) is 0 Å². The molecule has 0 aromatic carbocycles. The minimum atomic E-state index is -4.76. The number of carboxylic acids is 2. The highest BCUT2D eigenvalue weighted by Gasteiger charge is 2.41. The lowest BCUT2D eigenvalue weighted by Gasteiger charge is -2.26. The number of alkyl halides is 3. The summed E-state index contributed by atoms with van der Waals surface area (Å²) in [5.74, 6) is -8.28. The van der Waals surface area contributed by atoms with Crippen LogP contribution in [0.3, 0.4) is 0 Å². The fourth-order valence-corrected chi connectivity index (χ4v) is 0.872. The van der Waals surface area contributed by atoms with Crippen molar-refractivity contribution in [3.05, 3.63) is 0 Å². The summed E-state index contributed by atoms with van der Waals surface area (Å²) < 4.78 is 36.0. The number of carbonyl (C=O) groups is 2. The predicted octanol–water partition coefficient (Wildman–Crippen LogP) is -1.31. The van der Waals surface area contributed by atoms with Gasteiger partial charge in [-0.25, -0.2) is 0 Å². The van der Waals surface area contributed by atoms with Crippen LogP contribution < -0.4 is 10.2 Å². The Kier molecular flexibility index (Phi) is 3.91. The molecule has 0 aromatic heterocycles. The van der Waals surface area contributed by atoms with Crippen LogP contribution in [0.2, 0.25) is 0 Å². The van der Waals surface area contributed by atoms with Crippen LogP contribution in [0.4, 0.5) is 13.2 Å². The lowest BCUT2D eigenvalue weighted by atomic mass is 9.90. The normalized spacial score (nSPS) is 16.0. The minimum Gasteiger partial charge on any atom is -0.550 e. The number of hydrogen-bond acceptors (Lipinski definition) is 4. The van der Waals surface area contributed by atoms with Crippen molar-refractivity contribution in [2.24, 2.45) is 11.8 Å². The largest absolute Gasteiger partial charge is 0.550 e. The zero-order valence-corrected chi connectivity index (χ0v) is 7.13. The Morgan fingerprint density at radius 1 is 1.29 bits per heavy atom. The van der Waals surface area contributed by atoms with E-state index in [4.69, 9.17) is 0 Å². The van der Waals surface area contributed by atoms with Crippen molar-refractivity contribution >= 4 is 11.9 Å². The molecule has 0 aliphatic carbocycles. The van der Waals surface area contributed by atoms with E-state index in [1.807, 2.05) is 0 Å². The average molecular weight is 212 g/mol. The van der Waals surface area contributed by atoms with E-state index in [-0.39, 0.29) is 0 Å². The highest BCUT2D eigenvalue weighted by atomic mass is 19.4. The molecule has 2 unspecified atom stereocenters. The standard InChI is InChI=1S/C7H9F3O4/c1-3(7(8,9)10)4(6(13)14)2-5(11)12/h3-4H,2H2,1H3,(H,11,12)(H,13,14)/p-2. The number of aliphatic carboxylic acids is 2. The quantitative estimate of drug-likeness (QED) is 0.579. The highest BCUT2D eigenvalue weighted by molar-refractivity contribution is 5.75. The summed E-state index contributed by atoms with van der Waals surface area (Å²) >= 11 is 0. The molecule has 0 saturated heterocycles. The molecule has 0 fully saturated rings. The van der Waals surface area contributed by atoms with Gasteiger partial charge in [0.05, 0.1) is 5.92 Å². The summed E-state index contributed by atoms with van der Waals surface area (Å²) in [7, 11) is 0. The third kappa shape index (κ3) is 3.63. The Labute approximate surface area is 77.3 Å². The van der Waals surface area contributed by atoms with Crippen molar-refractivity contribution in [3.63, 3.8) is 0 Å². The van der Waals surface area contributed by atoms with Gasteiger partial charge in [0.15, 0.2) is 0 Å². The van der Waals surface area contributed by atoms with E-state index < -0.39 is 36.4 Å². The van der Waals surface area contributed by atoms with Crippen LogP contribution in [0.5, 0.6) is 0 Å². The molecule has 0 aliphatic rings. The molecule has 0 amide bonds. The first-order chi connectivity index (χ1) is 6.16. The number of halogens is 3. The zero-order chi connectivity index (χ0) is 11.5. The van der Waals surface area contributed by atoms with Crippen LogP contribution in [-0.2, 0) is 9.59 Å². The van der Waals surface area contributed by atoms with Crippen molar-refractivity contribution in [1.82, 2.24) is 0 Å². The van der Waals surface area contributed by atoms with Gasteiger partial charge in [-0.05, 0) is 6.42 Å². The molecular weight excluding hydrogens is 205 g/mol. The molecule has 82 valence electrons. The number of carboxylic acid groups (broad SMARTS) is 2. The van der Waals surface area contributed by atoms with Gasteiger partial charge in [-0.3, -0.25) is 0 Å². The van der Waals surface area contributed by atoms with Crippen molar-refractivity contribution < 1.29 is 33.0 Å². The second-order valence-corrected chi connectivity index (χ2v) is 2.83. The Hall–Kier alpha value is -1.27. The fraction of sp³-hybridized carbons (Fsp3) is 0.714. The van der Waals surface area contributed by atoms with Crippen LogP contribution in [-0.4, -0.2) is 18.1 Å². The third-order valence-electron chi connectivity index (χ3n) is 1.81. The summed E-state index contributed by atoms with van der Waals surface area (Å²) in [5, 5.41) is 20.2. The summed E-state index contributed by atoms with van der Waals surface area (Å²) in [4.78, 5) is 20.2. The van der Waals surface area contributed by atoms with Gasteiger partial charge in [0.2, 0.25) is 0 Å². The Morgan fingerprint density at radius 2 is 1.71 bits per heavy atom. The van der Waals surface area contributed by atoms with Gasteiger partial charge in [-0.15, -0.1) is 0 Å². The Balaban J connectivity index is 4.66. The van der Waals surface area contributed by atoms with Gasteiger partial charge in [0.25, 0.3) is 0 Å². The summed E-state index contributed by atoms with van der Waals surface area (Å²) in [5.41, 5.74) is 0. The maximum absolute atomic E-state index is 12.0. The van der Waals surface area contributed by atoms with Crippen LogP contribution in [0.15, 0.2) is 0 Å².